The molecule has 0 saturated heterocycles. The van der Waals surface area contributed by atoms with Crippen LogP contribution < -0.4 is 4.74 Å². The number of rotatable bonds is 3. The van der Waals surface area contributed by atoms with Gasteiger partial charge in [0.15, 0.2) is 14.9 Å². The van der Waals surface area contributed by atoms with Gasteiger partial charge >= 0.3 is 0 Å². The van der Waals surface area contributed by atoms with E-state index < -0.39 is 9.84 Å². The van der Waals surface area contributed by atoms with Crippen LogP contribution in [0.1, 0.15) is 32.1 Å². The van der Waals surface area contributed by atoms with Crippen LogP contribution in [0.2, 0.25) is 0 Å². The molecule has 0 aliphatic heterocycles. The molecular formula is C11H16N2O3S. The van der Waals surface area contributed by atoms with Crippen molar-refractivity contribution in [2.45, 2.75) is 43.2 Å². The average molecular weight is 256 g/mol. The lowest BCUT2D eigenvalue weighted by Crippen LogP contribution is -2.20. The van der Waals surface area contributed by atoms with Gasteiger partial charge in [-0.25, -0.2) is 18.4 Å². The van der Waals surface area contributed by atoms with E-state index in [1.165, 1.54) is 31.7 Å². The van der Waals surface area contributed by atoms with Crippen molar-refractivity contribution < 1.29 is 13.2 Å². The van der Waals surface area contributed by atoms with Crippen LogP contribution in [0, 0.1) is 0 Å². The maximum Gasteiger partial charge on any atom is 0.232 e. The SMILES string of the molecule is CS(=O)(=O)c1cnc(OC2CCCCC2)cn1. The maximum atomic E-state index is 11.2. The van der Waals surface area contributed by atoms with Crippen molar-refractivity contribution in [3.63, 3.8) is 0 Å². The molecule has 0 aromatic carbocycles. The van der Waals surface area contributed by atoms with Gasteiger partial charge in [-0.15, -0.1) is 0 Å². The van der Waals surface area contributed by atoms with Gasteiger partial charge in [-0.05, 0) is 25.7 Å². The van der Waals surface area contributed by atoms with E-state index in [0.29, 0.717) is 5.88 Å². The third-order valence-electron chi connectivity index (χ3n) is 2.82. The summed E-state index contributed by atoms with van der Waals surface area (Å²) in [5.41, 5.74) is 0. The molecule has 1 aliphatic carbocycles. The lowest BCUT2D eigenvalue weighted by atomic mass is 9.98. The first-order valence-electron chi connectivity index (χ1n) is 5.74. The standard InChI is InChI=1S/C11H16N2O3S/c1-17(14,15)11-8-12-10(7-13-11)16-9-5-3-2-4-6-9/h7-9H,2-6H2,1H3. The molecule has 5 nitrogen and oxygen atoms in total. The highest BCUT2D eigenvalue weighted by Gasteiger charge is 2.16. The zero-order valence-electron chi connectivity index (χ0n) is 9.80. The van der Waals surface area contributed by atoms with Crippen molar-refractivity contribution in [2.24, 2.45) is 0 Å². The van der Waals surface area contributed by atoms with Gasteiger partial charge in [0.25, 0.3) is 0 Å². The van der Waals surface area contributed by atoms with E-state index in [0.717, 1.165) is 19.1 Å². The molecule has 1 heterocycles. The Bertz CT molecular complexity index is 464. The van der Waals surface area contributed by atoms with Crippen molar-refractivity contribution in [1.82, 2.24) is 9.97 Å². The fourth-order valence-corrected chi connectivity index (χ4v) is 2.40. The molecule has 1 aliphatic rings. The summed E-state index contributed by atoms with van der Waals surface area (Å²) in [5.74, 6) is 0.407. The third kappa shape index (κ3) is 3.39. The summed E-state index contributed by atoms with van der Waals surface area (Å²) < 4.78 is 28.0. The average Bonchev–Trinajstić information content (AvgIpc) is 2.30. The van der Waals surface area contributed by atoms with Crippen LogP contribution in [0.3, 0.4) is 0 Å². The van der Waals surface area contributed by atoms with E-state index in [-0.39, 0.29) is 11.1 Å². The Morgan fingerprint density at radius 2 is 1.88 bits per heavy atom. The van der Waals surface area contributed by atoms with Gasteiger partial charge in [-0.1, -0.05) is 6.42 Å². The maximum absolute atomic E-state index is 11.2. The van der Waals surface area contributed by atoms with E-state index in [1.54, 1.807) is 0 Å². The van der Waals surface area contributed by atoms with Crippen LogP contribution in [0.15, 0.2) is 17.4 Å². The second-order valence-electron chi connectivity index (χ2n) is 4.34. The second kappa shape index (κ2) is 5.00. The minimum atomic E-state index is -3.28. The van der Waals surface area contributed by atoms with Gasteiger partial charge < -0.3 is 4.74 Å². The molecule has 17 heavy (non-hydrogen) atoms. The van der Waals surface area contributed by atoms with Crippen LogP contribution >= 0.6 is 0 Å². The van der Waals surface area contributed by atoms with Gasteiger partial charge in [-0.2, -0.15) is 0 Å². The summed E-state index contributed by atoms with van der Waals surface area (Å²) in [6.45, 7) is 0. The van der Waals surface area contributed by atoms with E-state index in [4.69, 9.17) is 4.74 Å². The van der Waals surface area contributed by atoms with Crippen molar-refractivity contribution in [1.29, 1.82) is 0 Å². The fourth-order valence-electron chi connectivity index (χ4n) is 1.91. The molecule has 0 amide bonds. The minimum absolute atomic E-state index is 0.0199. The summed E-state index contributed by atoms with van der Waals surface area (Å²) in [4.78, 5) is 7.82. The highest BCUT2D eigenvalue weighted by molar-refractivity contribution is 7.90. The van der Waals surface area contributed by atoms with Crippen LogP contribution in [0.5, 0.6) is 5.88 Å². The molecule has 1 fully saturated rings. The molecule has 0 unspecified atom stereocenters. The Hall–Kier alpha value is -1.17. The van der Waals surface area contributed by atoms with Gasteiger partial charge in [0.05, 0.1) is 12.4 Å². The lowest BCUT2D eigenvalue weighted by molar-refractivity contribution is 0.147. The van der Waals surface area contributed by atoms with Crippen LogP contribution in [0.25, 0.3) is 0 Å². The lowest BCUT2D eigenvalue weighted by Gasteiger charge is -2.21. The Morgan fingerprint density at radius 3 is 2.41 bits per heavy atom. The van der Waals surface area contributed by atoms with Gasteiger partial charge in [-0.3, -0.25) is 0 Å². The van der Waals surface area contributed by atoms with E-state index in [9.17, 15) is 8.42 Å². The summed E-state index contributed by atoms with van der Waals surface area (Å²) in [6.07, 6.45) is 9.63. The second-order valence-corrected chi connectivity index (χ2v) is 6.31. The van der Waals surface area contributed by atoms with Crippen molar-refractivity contribution in [3.8, 4) is 5.88 Å². The Morgan fingerprint density at radius 1 is 1.18 bits per heavy atom. The minimum Gasteiger partial charge on any atom is -0.473 e. The monoisotopic (exact) mass is 256 g/mol. The molecular weight excluding hydrogens is 240 g/mol. The van der Waals surface area contributed by atoms with Crippen molar-refractivity contribution >= 4 is 9.84 Å². The number of hydrogen-bond acceptors (Lipinski definition) is 5. The smallest absolute Gasteiger partial charge is 0.232 e. The molecule has 1 aromatic heterocycles. The first kappa shape index (κ1) is 12.3. The number of sulfone groups is 1. The molecule has 94 valence electrons. The molecule has 1 aromatic rings. The van der Waals surface area contributed by atoms with Crippen LogP contribution in [0.4, 0.5) is 0 Å². The zero-order chi connectivity index (χ0) is 12.3. The summed E-state index contributed by atoms with van der Waals surface area (Å²) in [7, 11) is -3.28. The van der Waals surface area contributed by atoms with Gasteiger partial charge in [0, 0.05) is 6.26 Å². The third-order valence-corrected chi connectivity index (χ3v) is 3.79. The Kier molecular flexibility index (Phi) is 3.61. The Labute approximate surface area is 101 Å². The molecule has 0 N–H and O–H groups in total. The predicted octanol–water partition coefficient (Wildman–Crippen LogP) is 1.59. The van der Waals surface area contributed by atoms with E-state index in [1.807, 2.05) is 0 Å². The van der Waals surface area contributed by atoms with Gasteiger partial charge in [0.2, 0.25) is 5.88 Å². The number of aromatic nitrogens is 2. The molecule has 1 saturated carbocycles. The van der Waals surface area contributed by atoms with Gasteiger partial charge in [0.1, 0.15) is 6.10 Å². The van der Waals surface area contributed by atoms with Crippen LogP contribution in [-0.2, 0) is 9.84 Å². The summed E-state index contributed by atoms with van der Waals surface area (Å²) >= 11 is 0. The summed E-state index contributed by atoms with van der Waals surface area (Å²) in [6, 6.07) is 0. The molecule has 0 spiro atoms. The van der Waals surface area contributed by atoms with Crippen molar-refractivity contribution in [2.75, 3.05) is 6.26 Å². The number of hydrogen-bond donors (Lipinski definition) is 0. The number of ether oxygens (including phenoxy) is 1. The Balaban J connectivity index is 2.03. The zero-order valence-corrected chi connectivity index (χ0v) is 10.6. The predicted molar refractivity (Wildman–Crippen MR) is 62.6 cm³/mol. The topological polar surface area (TPSA) is 69.2 Å². The summed E-state index contributed by atoms with van der Waals surface area (Å²) in [5, 5.41) is -0.0199. The molecule has 6 heteroatoms. The molecule has 2 rings (SSSR count). The first-order chi connectivity index (χ1) is 8.05. The quantitative estimate of drug-likeness (QED) is 0.821. The first-order valence-corrected chi connectivity index (χ1v) is 7.63. The highest BCUT2D eigenvalue weighted by Crippen LogP contribution is 2.21. The van der Waals surface area contributed by atoms with Crippen molar-refractivity contribution in [3.05, 3.63) is 12.4 Å². The molecule has 0 atom stereocenters. The molecule has 0 radical (unpaired) electrons. The molecule has 0 bridgehead atoms. The van der Waals surface area contributed by atoms with E-state index >= 15 is 0 Å². The highest BCUT2D eigenvalue weighted by atomic mass is 32.2. The van der Waals surface area contributed by atoms with E-state index in [2.05, 4.69) is 9.97 Å². The normalized spacial score (nSPS) is 17.9. The fraction of sp³-hybridized carbons (Fsp3) is 0.636. The van der Waals surface area contributed by atoms with Crippen LogP contribution in [-0.4, -0.2) is 30.7 Å². The largest absolute Gasteiger partial charge is 0.473 e. The number of nitrogens with zero attached hydrogens (tertiary/aromatic N) is 2.